The summed E-state index contributed by atoms with van der Waals surface area (Å²) >= 11 is 0. The summed E-state index contributed by atoms with van der Waals surface area (Å²) in [6, 6.07) is 13.6. The maximum Gasteiger partial charge on any atom is 0.251 e. The van der Waals surface area contributed by atoms with Crippen LogP contribution in [-0.2, 0) is 4.79 Å². The van der Waals surface area contributed by atoms with Crippen LogP contribution in [-0.4, -0.2) is 44.1 Å². The van der Waals surface area contributed by atoms with Crippen molar-refractivity contribution >= 4 is 11.8 Å². The van der Waals surface area contributed by atoms with E-state index in [1.165, 1.54) is 11.0 Å². The molecule has 0 radical (unpaired) electrons. The SMILES string of the molecule is Cc1ccc(-c2cc(C(=O)NC(C)CC(=O)NC3CCC3)cc(-n3cnnn3)c2)cc1. The second-order valence-corrected chi connectivity index (χ2v) is 8.16. The Bertz CT molecular complexity index is 1060. The third-order valence-corrected chi connectivity index (χ3v) is 5.52. The van der Waals surface area contributed by atoms with Crippen molar-refractivity contribution in [2.75, 3.05) is 0 Å². The van der Waals surface area contributed by atoms with Gasteiger partial charge in [0.05, 0.1) is 5.69 Å². The summed E-state index contributed by atoms with van der Waals surface area (Å²) in [6.07, 6.45) is 4.98. The van der Waals surface area contributed by atoms with E-state index < -0.39 is 0 Å². The first-order chi connectivity index (χ1) is 15.0. The maximum atomic E-state index is 13.0. The molecule has 2 amide bonds. The van der Waals surface area contributed by atoms with Gasteiger partial charge in [0.1, 0.15) is 6.33 Å². The molecule has 160 valence electrons. The first-order valence-corrected chi connectivity index (χ1v) is 10.5. The molecule has 8 heteroatoms. The zero-order chi connectivity index (χ0) is 21.8. The Morgan fingerprint density at radius 3 is 2.55 bits per heavy atom. The topological polar surface area (TPSA) is 102 Å². The molecule has 1 unspecified atom stereocenters. The van der Waals surface area contributed by atoms with E-state index in [1.54, 1.807) is 6.07 Å². The molecule has 4 rings (SSSR count). The Hall–Kier alpha value is -3.55. The second kappa shape index (κ2) is 9.07. The van der Waals surface area contributed by atoms with Crippen molar-refractivity contribution in [3.63, 3.8) is 0 Å². The third-order valence-electron chi connectivity index (χ3n) is 5.52. The number of hydrogen-bond donors (Lipinski definition) is 2. The van der Waals surface area contributed by atoms with Crippen molar-refractivity contribution in [3.05, 3.63) is 59.9 Å². The van der Waals surface area contributed by atoms with Crippen molar-refractivity contribution < 1.29 is 9.59 Å². The monoisotopic (exact) mass is 418 g/mol. The molecule has 1 fully saturated rings. The Labute approximate surface area is 181 Å². The van der Waals surface area contributed by atoms with Crippen LogP contribution in [0.4, 0.5) is 0 Å². The molecule has 0 aliphatic heterocycles. The Morgan fingerprint density at radius 1 is 1.13 bits per heavy atom. The van der Waals surface area contributed by atoms with Crippen LogP contribution in [0.5, 0.6) is 0 Å². The zero-order valence-corrected chi connectivity index (χ0v) is 17.7. The number of nitrogens with one attached hydrogen (secondary N) is 2. The summed E-state index contributed by atoms with van der Waals surface area (Å²) in [7, 11) is 0. The van der Waals surface area contributed by atoms with Crippen molar-refractivity contribution in [2.24, 2.45) is 0 Å². The average molecular weight is 419 g/mol. The standard InChI is InChI=1S/C23H26N6O2/c1-15-6-8-17(9-7-15)18-11-19(13-21(12-18)29-14-24-27-28-29)23(31)25-16(2)10-22(30)26-20-4-3-5-20/h6-9,11-14,16,20H,3-5,10H2,1-2H3,(H,25,31)(H,26,30). The van der Waals surface area contributed by atoms with Crippen molar-refractivity contribution in [1.82, 2.24) is 30.8 Å². The molecule has 1 aliphatic carbocycles. The highest BCUT2D eigenvalue weighted by Crippen LogP contribution is 2.25. The fraction of sp³-hybridized carbons (Fsp3) is 0.348. The summed E-state index contributed by atoms with van der Waals surface area (Å²) in [5, 5.41) is 17.3. The number of amides is 2. The van der Waals surface area contributed by atoms with E-state index in [9.17, 15) is 9.59 Å². The van der Waals surface area contributed by atoms with E-state index in [0.717, 1.165) is 36.0 Å². The smallest absolute Gasteiger partial charge is 0.251 e. The molecule has 0 saturated heterocycles. The number of nitrogens with zero attached hydrogens (tertiary/aromatic N) is 4. The summed E-state index contributed by atoms with van der Waals surface area (Å²) in [6.45, 7) is 3.87. The number of tetrazole rings is 1. The summed E-state index contributed by atoms with van der Waals surface area (Å²) < 4.78 is 1.52. The van der Waals surface area contributed by atoms with Crippen LogP contribution < -0.4 is 10.6 Å². The van der Waals surface area contributed by atoms with Gasteiger partial charge in [-0.1, -0.05) is 29.8 Å². The van der Waals surface area contributed by atoms with Crippen LogP contribution in [0.15, 0.2) is 48.8 Å². The molecule has 31 heavy (non-hydrogen) atoms. The lowest BCUT2D eigenvalue weighted by atomic mass is 9.93. The molecule has 2 N–H and O–H groups in total. The van der Waals surface area contributed by atoms with Gasteiger partial charge in [-0.2, -0.15) is 0 Å². The van der Waals surface area contributed by atoms with Gasteiger partial charge >= 0.3 is 0 Å². The molecule has 1 heterocycles. The van der Waals surface area contributed by atoms with Gasteiger partial charge in [0, 0.05) is 24.1 Å². The number of hydrogen-bond acceptors (Lipinski definition) is 5. The minimum Gasteiger partial charge on any atom is -0.353 e. The Kier molecular flexibility index (Phi) is 6.06. The van der Waals surface area contributed by atoms with E-state index in [-0.39, 0.29) is 24.3 Å². The molecular formula is C23H26N6O2. The lowest BCUT2D eigenvalue weighted by Crippen LogP contribution is -2.43. The van der Waals surface area contributed by atoms with Gasteiger partial charge in [-0.3, -0.25) is 9.59 Å². The highest BCUT2D eigenvalue weighted by atomic mass is 16.2. The normalized spacial score (nSPS) is 14.5. The molecule has 0 bridgehead atoms. The number of rotatable bonds is 7. The van der Waals surface area contributed by atoms with E-state index in [1.807, 2.05) is 50.2 Å². The quantitative estimate of drug-likeness (QED) is 0.614. The largest absolute Gasteiger partial charge is 0.353 e. The molecule has 1 atom stereocenters. The van der Waals surface area contributed by atoms with Gasteiger partial charge in [0.25, 0.3) is 5.91 Å². The third kappa shape index (κ3) is 5.14. The van der Waals surface area contributed by atoms with Crippen molar-refractivity contribution in [2.45, 2.75) is 51.6 Å². The summed E-state index contributed by atoms with van der Waals surface area (Å²) in [4.78, 5) is 25.1. The molecule has 3 aromatic rings. The van der Waals surface area contributed by atoms with Crippen LogP contribution in [0.25, 0.3) is 16.8 Å². The lowest BCUT2D eigenvalue weighted by Gasteiger charge is -2.27. The molecule has 1 saturated carbocycles. The van der Waals surface area contributed by atoms with E-state index in [0.29, 0.717) is 17.3 Å². The Morgan fingerprint density at radius 2 is 1.90 bits per heavy atom. The van der Waals surface area contributed by atoms with Crippen LogP contribution in [0.3, 0.4) is 0 Å². The minimum atomic E-state index is -0.285. The highest BCUT2D eigenvalue weighted by Gasteiger charge is 2.21. The maximum absolute atomic E-state index is 13.0. The molecule has 8 nitrogen and oxygen atoms in total. The Balaban J connectivity index is 1.53. The lowest BCUT2D eigenvalue weighted by molar-refractivity contribution is -0.122. The zero-order valence-electron chi connectivity index (χ0n) is 17.7. The van der Waals surface area contributed by atoms with Crippen LogP contribution in [0, 0.1) is 6.92 Å². The molecule has 1 aliphatic rings. The summed E-state index contributed by atoms with van der Waals surface area (Å²) in [5.74, 6) is -0.271. The van der Waals surface area contributed by atoms with Gasteiger partial charge < -0.3 is 10.6 Å². The highest BCUT2D eigenvalue weighted by molar-refractivity contribution is 5.96. The van der Waals surface area contributed by atoms with Crippen molar-refractivity contribution in [1.29, 1.82) is 0 Å². The first-order valence-electron chi connectivity index (χ1n) is 10.5. The minimum absolute atomic E-state index is 0.0275. The van der Waals surface area contributed by atoms with Crippen LogP contribution in [0.2, 0.25) is 0 Å². The van der Waals surface area contributed by atoms with Crippen molar-refractivity contribution in [3.8, 4) is 16.8 Å². The second-order valence-electron chi connectivity index (χ2n) is 8.16. The number of aromatic nitrogens is 4. The first kappa shape index (κ1) is 20.7. The van der Waals surface area contributed by atoms with Gasteiger partial charge in [0.2, 0.25) is 5.91 Å². The van der Waals surface area contributed by atoms with E-state index in [4.69, 9.17) is 0 Å². The number of benzene rings is 2. The van der Waals surface area contributed by atoms with Gasteiger partial charge in [-0.05, 0) is 72.9 Å². The van der Waals surface area contributed by atoms with Gasteiger partial charge in [-0.25, -0.2) is 4.68 Å². The fourth-order valence-corrected chi connectivity index (χ4v) is 3.54. The molecular weight excluding hydrogens is 392 g/mol. The summed E-state index contributed by atoms with van der Waals surface area (Å²) in [5.41, 5.74) is 4.20. The fourth-order valence-electron chi connectivity index (χ4n) is 3.54. The number of carbonyl (C=O) groups excluding carboxylic acids is 2. The molecule has 1 aromatic heterocycles. The predicted molar refractivity (Wildman–Crippen MR) is 117 cm³/mol. The number of carbonyl (C=O) groups is 2. The predicted octanol–water partition coefficient (Wildman–Crippen LogP) is 2.81. The van der Waals surface area contributed by atoms with Gasteiger partial charge in [0.15, 0.2) is 0 Å². The average Bonchev–Trinajstić information content (AvgIpc) is 3.26. The van der Waals surface area contributed by atoms with Crippen LogP contribution >= 0.6 is 0 Å². The molecule has 2 aromatic carbocycles. The van der Waals surface area contributed by atoms with Gasteiger partial charge in [-0.15, -0.1) is 5.10 Å². The van der Waals surface area contributed by atoms with Crippen LogP contribution in [0.1, 0.15) is 48.5 Å². The number of aryl methyl sites for hydroxylation is 1. The molecule has 0 spiro atoms. The van der Waals surface area contributed by atoms with E-state index in [2.05, 4.69) is 26.2 Å². The van der Waals surface area contributed by atoms with E-state index >= 15 is 0 Å².